The number of Topliss-reactive ketones (excluding diaryl/α,β-unsaturated/α-hetero) is 1. The SMILES string of the molecule is CC[C@@]12CCC3[C@]4(C)C(CC[C@@]3(C)[C@@H]1CCC(=O)OC2)[C@]1(O)CC(=O)[C@H]2O[C@@]2(C(=O)OC)[C@]1(C)[C@@H](OC(C)=O)[C@H]4OC(C)=O. The highest BCUT2D eigenvalue weighted by molar-refractivity contribution is 6.01. The highest BCUT2D eigenvalue weighted by Gasteiger charge is 2.91. The van der Waals surface area contributed by atoms with E-state index in [9.17, 15) is 29.1 Å². The van der Waals surface area contributed by atoms with Crippen LogP contribution in [0.1, 0.15) is 92.9 Å². The Morgan fingerprint density at radius 2 is 1.57 bits per heavy atom. The van der Waals surface area contributed by atoms with Crippen molar-refractivity contribution in [1.82, 2.24) is 0 Å². The molecule has 12 atom stereocenters. The smallest absolute Gasteiger partial charge is 0.342 e. The van der Waals surface area contributed by atoms with Crippen molar-refractivity contribution in [3.05, 3.63) is 0 Å². The lowest BCUT2D eigenvalue weighted by Gasteiger charge is -2.73. The Morgan fingerprint density at radius 3 is 2.18 bits per heavy atom. The summed E-state index contributed by atoms with van der Waals surface area (Å²) in [5.41, 5.74) is -7.00. The van der Waals surface area contributed by atoms with Crippen molar-refractivity contribution in [3.63, 3.8) is 0 Å². The summed E-state index contributed by atoms with van der Waals surface area (Å²) in [6, 6.07) is 0. The molecule has 44 heavy (non-hydrogen) atoms. The number of carbonyl (C=O) groups is 5. The highest BCUT2D eigenvalue weighted by atomic mass is 16.7. The molecule has 11 nitrogen and oxygen atoms in total. The predicted molar refractivity (Wildman–Crippen MR) is 151 cm³/mol. The molecule has 0 aromatic heterocycles. The summed E-state index contributed by atoms with van der Waals surface area (Å²) < 4.78 is 29.1. The van der Waals surface area contributed by atoms with Crippen molar-refractivity contribution in [1.29, 1.82) is 0 Å². The van der Waals surface area contributed by atoms with Crippen LogP contribution in [0.5, 0.6) is 0 Å². The van der Waals surface area contributed by atoms with Crippen LogP contribution < -0.4 is 0 Å². The molecule has 1 N–H and O–H groups in total. The van der Waals surface area contributed by atoms with Crippen LogP contribution in [-0.2, 0) is 47.7 Å². The van der Waals surface area contributed by atoms with Crippen molar-refractivity contribution in [2.45, 2.75) is 122 Å². The van der Waals surface area contributed by atoms with E-state index < -0.39 is 70.0 Å². The van der Waals surface area contributed by atoms with Crippen LogP contribution in [-0.4, -0.2) is 78.0 Å². The van der Waals surface area contributed by atoms with Gasteiger partial charge in [-0.25, -0.2) is 4.79 Å². The lowest BCUT2D eigenvalue weighted by Crippen LogP contribution is -2.82. The first-order valence-corrected chi connectivity index (χ1v) is 16.0. The molecule has 0 aromatic carbocycles. The van der Waals surface area contributed by atoms with Crippen LogP contribution in [0.2, 0.25) is 0 Å². The van der Waals surface area contributed by atoms with Crippen LogP contribution in [0.25, 0.3) is 0 Å². The first-order chi connectivity index (χ1) is 20.5. The van der Waals surface area contributed by atoms with Crippen LogP contribution >= 0.6 is 0 Å². The van der Waals surface area contributed by atoms with Crippen molar-refractivity contribution in [2.24, 2.45) is 39.4 Å². The van der Waals surface area contributed by atoms with Crippen molar-refractivity contribution < 1.29 is 52.8 Å². The zero-order valence-corrected chi connectivity index (χ0v) is 26.9. The summed E-state index contributed by atoms with van der Waals surface area (Å²) in [6.07, 6.45) is 0.554. The van der Waals surface area contributed by atoms with Crippen molar-refractivity contribution >= 4 is 29.7 Å². The number of epoxide rings is 1. The van der Waals surface area contributed by atoms with Gasteiger partial charge in [0.1, 0.15) is 6.10 Å². The second kappa shape index (κ2) is 9.74. The van der Waals surface area contributed by atoms with Gasteiger partial charge in [0.25, 0.3) is 0 Å². The van der Waals surface area contributed by atoms with Gasteiger partial charge in [-0.05, 0) is 68.6 Å². The minimum atomic E-state index is -1.91. The predicted octanol–water partition coefficient (Wildman–Crippen LogP) is 3.07. The first-order valence-electron chi connectivity index (χ1n) is 16.0. The average molecular weight is 619 g/mol. The normalized spacial score (nSPS) is 50.6. The maximum Gasteiger partial charge on any atom is 0.342 e. The quantitative estimate of drug-likeness (QED) is 0.281. The summed E-state index contributed by atoms with van der Waals surface area (Å²) >= 11 is 0. The number of aliphatic hydroxyl groups is 1. The van der Waals surface area contributed by atoms with E-state index in [1.165, 1.54) is 21.0 Å². The number of esters is 4. The molecule has 2 saturated heterocycles. The van der Waals surface area contributed by atoms with E-state index in [-0.39, 0.29) is 35.1 Å². The van der Waals surface area contributed by atoms with Gasteiger partial charge in [-0.2, -0.15) is 0 Å². The third-order valence-corrected chi connectivity index (χ3v) is 13.7. The molecule has 0 radical (unpaired) electrons. The first kappa shape index (κ1) is 31.5. The molecule has 6 aliphatic rings. The monoisotopic (exact) mass is 618 g/mol. The van der Waals surface area contributed by atoms with Gasteiger partial charge < -0.3 is 28.8 Å². The lowest BCUT2D eigenvalue weighted by atomic mass is 9.32. The standard InChI is InChI=1S/C33H46O11/c1-8-31-14-12-20-28(4,21(31)9-10-23(37)41-16-31)13-11-22-29(20,5)25(42-17(2)34)26(43-18(3)35)30(6)32(22,39)15-19(36)24-33(30,44-24)27(38)40-7/h20-22,24-26,39H,8-16H2,1-7H3/t20?,21-,22?,24+,25+,26-,28+,29+,30+,31-,32+,33-/m0/s1. The number of hydrogen-bond donors (Lipinski definition) is 1. The third kappa shape index (κ3) is 3.59. The minimum Gasteiger partial charge on any atom is -0.467 e. The Balaban J connectivity index is 1.57. The van der Waals surface area contributed by atoms with Gasteiger partial charge >= 0.3 is 23.9 Å². The lowest BCUT2D eigenvalue weighted by molar-refractivity contribution is -0.336. The molecule has 4 saturated carbocycles. The summed E-state index contributed by atoms with van der Waals surface area (Å²) in [6.45, 7) is 10.9. The van der Waals surface area contributed by atoms with Crippen LogP contribution in [0.15, 0.2) is 0 Å². The molecule has 6 rings (SSSR count). The zero-order chi connectivity index (χ0) is 32.3. The van der Waals surface area contributed by atoms with Gasteiger partial charge in [0.05, 0.1) is 24.7 Å². The Labute approximate surface area is 258 Å². The molecule has 11 heteroatoms. The van der Waals surface area contributed by atoms with Gasteiger partial charge in [-0.15, -0.1) is 0 Å². The van der Waals surface area contributed by atoms with E-state index in [2.05, 4.69) is 13.8 Å². The average Bonchev–Trinajstić information content (AvgIpc) is 3.75. The third-order valence-electron chi connectivity index (χ3n) is 13.7. The van der Waals surface area contributed by atoms with Gasteiger partial charge in [-0.1, -0.05) is 20.8 Å². The van der Waals surface area contributed by atoms with E-state index >= 15 is 0 Å². The Kier molecular flexibility index (Phi) is 6.96. The molecule has 4 aliphatic carbocycles. The molecule has 6 fully saturated rings. The number of carbonyl (C=O) groups excluding carboxylic acids is 5. The summed E-state index contributed by atoms with van der Waals surface area (Å²) in [7, 11) is 1.18. The highest BCUT2D eigenvalue weighted by Crippen LogP contribution is 2.77. The van der Waals surface area contributed by atoms with E-state index in [1.54, 1.807) is 6.92 Å². The molecule has 2 aliphatic heterocycles. The fourth-order valence-corrected chi connectivity index (χ4v) is 11.8. The van der Waals surface area contributed by atoms with Gasteiger partial charge in [0.15, 0.2) is 18.0 Å². The fourth-order valence-electron chi connectivity index (χ4n) is 11.8. The molecular weight excluding hydrogens is 572 g/mol. The van der Waals surface area contributed by atoms with Crippen LogP contribution in [0.4, 0.5) is 0 Å². The van der Waals surface area contributed by atoms with Crippen molar-refractivity contribution in [2.75, 3.05) is 13.7 Å². The molecule has 0 spiro atoms. The molecule has 2 heterocycles. The Hall–Kier alpha value is -2.53. The van der Waals surface area contributed by atoms with E-state index in [1.807, 2.05) is 6.92 Å². The van der Waals surface area contributed by atoms with Gasteiger partial charge in [0, 0.05) is 37.5 Å². The number of ether oxygens (including phenoxy) is 5. The second-order valence-corrected chi connectivity index (χ2v) is 15.1. The van der Waals surface area contributed by atoms with E-state index in [0.29, 0.717) is 38.7 Å². The second-order valence-electron chi connectivity index (χ2n) is 15.1. The van der Waals surface area contributed by atoms with E-state index in [4.69, 9.17) is 23.7 Å². The fraction of sp³-hybridized carbons (Fsp3) is 0.848. The number of methoxy groups -OCH3 is 1. The van der Waals surface area contributed by atoms with Crippen LogP contribution in [0.3, 0.4) is 0 Å². The minimum absolute atomic E-state index is 0.113. The largest absolute Gasteiger partial charge is 0.467 e. The van der Waals surface area contributed by atoms with Crippen LogP contribution in [0, 0.1) is 39.4 Å². The summed E-state index contributed by atoms with van der Waals surface area (Å²) in [5.74, 6) is -3.38. The van der Waals surface area contributed by atoms with Gasteiger partial charge in [-0.3, -0.25) is 19.2 Å². The Bertz CT molecular complexity index is 1310. The maximum absolute atomic E-state index is 13.6. The zero-order valence-electron chi connectivity index (χ0n) is 26.9. The molecular formula is C33H46O11. The molecule has 2 unspecified atom stereocenters. The summed E-state index contributed by atoms with van der Waals surface area (Å²) in [5, 5.41) is 13.1. The van der Waals surface area contributed by atoms with Crippen molar-refractivity contribution in [3.8, 4) is 0 Å². The molecule has 0 amide bonds. The molecule has 244 valence electrons. The number of cyclic esters (lactones) is 1. The van der Waals surface area contributed by atoms with Gasteiger partial charge in [0.2, 0.25) is 5.60 Å². The number of hydrogen-bond acceptors (Lipinski definition) is 11. The molecule has 0 bridgehead atoms. The Morgan fingerprint density at radius 1 is 0.932 bits per heavy atom. The maximum atomic E-state index is 13.6. The van der Waals surface area contributed by atoms with E-state index in [0.717, 1.165) is 12.8 Å². The topological polar surface area (TPSA) is 155 Å². The summed E-state index contributed by atoms with van der Waals surface area (Å²) in [4.78, 5) is 65.4. The number of fused-ring (bicyclic) bond motifs is 9. The number of ketones is 1. The molecule has 0 aromatic rings. The number of rotatable bonds is 4.